The molecule has 3 rings (SSSR count). The molecule has 1 N–H and O–H groups in total. The molecule has 0 amide bonds. The van der Waals surface area contributed by atoms with E-state index in [2.05, 4.69) is 9.97 Å². The smallest absolute Gasteiger partial charge is 0.270 e. The van der Waals surface area contributed by atoms with Crippen molar-refractivity contribution in [1.82, 2.24) is 9.97 Å². The second-order valence-electron chi connectivity index (χ2n) is 5.18. The number of nitrogens with one attached hydrogen (secondary N) is 1. The molecule has 0 saturated heterocycles. The molecule has 0 atom stereocenters. The summed E-state index contributed by atoms with van der Waals surface area (Å²) in [5.74, 6) is 0.762. The normalized spacial score (nSPS) is 10.3. The predicted molar refractivity (Wildman–Crippen MR) is 98.8 cm³/mol. The van der Waals surface area contributed by atoms with E-state index in [4.69, 9.17) is 4.74 Å². The van der Waals surface area contributed by atoms with E-state index < -0.39 is 5.56 Å². The second-order valence-corrected chi connectivity index (χ2v) is 5.98. The first-order chi connectivity index (χ1) is 12.2. The van der Waals surface area contributed by atoms with Crippen molar-refractivity contribution in [3.63, 3.8) is 0 Å². The van der Waals surface area contributed by atoms with Gasteiger partial charge in [0.05, 0.1) is 12.8 Å². The minimum Gasteiger partial charge on any atom is -0.497 e. The van der Waals surface area contributed by atoms with Gasteiger partial charge in [-0.2, -0.15) is 5.26 Å². The highest BCUT2D eigenvalue weighted by atomic mass is 32.2. The number of thioether (sulfide) groups is 1. The third-order valence-electron chi connectivity index (χ3n) is 3.79. The molecule has 3 aromatic rings. The van der Waals surface area contributed by atoms with Crippen LogP contribution < -0.4 is 10.3 Å². The number of rotatable bonds is 4. The number of benzene rings is 2. The molecule has 0 spiro atoms. The maximum absolute atomic E-state index is 12.2. The summed E-state index contributed by atoms with van der Waals surface area (Å²) in [6.45, 7) is 0. The number of nitriles is 1. The predicted octanol–water partition coefficient (Wildman–Crippen LogP) is 3.71. The van der Waals surface area contributed by atoms with Gasteiger partial charge in [0, 0.05) is 5.56 Å². The lowest BCUT2D eigenvalue weighted by Crippen LogP contribution is -2.14. The molecular weight excluding hydrogens is 334 g/mol. The molecule has 0 saturated carbocycles. The zero-order valence-corrected chi connectivity index (χ0v) is 14.6. The molecule has 0 fully saturated rings. The van der Waals surface area contributed by atoms with Crippen molar-refractivity contribution < 1.29 is 4.74 Å². The highest BCUT2D eigenvalue weighted by Crippen LogP contribution is 2.33. The molecule has 0 aliphatic carbocycles. The molecular formula is C19H15N3O2S. The molecule has 1 heterocycles. The van der Waals surface area contributed by atoms with Gasteiger partial charge in [0.1, 0.15) is 17.4 Å². The first-order valence-electron chi connectivity index (χ1n) is 7.50. The topological polar surface area (TPSA) is 78.8 Å². The van der Waals surface area contributed by atoms with Crippen LogP contribution in [-0.4, -0.2) is 23.3 Å². The van der Waals surface area contributed by atoms with E-state index in [0.717, 1.165) is 22.4 Å². The minimum absolute atomic E-state index is 0.0127. The number of H-pyrrole nitrogens is 1. The SMILES string of the molecule is COc1ccc(-c2ccccc2-c2nc(SC)[nH]c(=O)c2C#N)cc1. The average Bonchev–Trinajstić information content (AvgIpc) is 2.67. The van der Waals surface area contributed by atoms with E-state index in [-0.39, 0.29) is 5.56 Å². The highest BCUT2D eigenvalue weighted by molar-refractivity contribution is 7.98. The fourth-order valence-electron chi connectivity index (χ4n) is 2.56. The van der Waals surface area contributed by atoms with Gasteiger partial charge in [-0.05, 0) is 29.5 Å². The number of ether oxygens (including phenoxy) is 1. The number of methoxy groups -OCH3 is 1. The zero-order valence-electron chi connectivity index (χ0n) is 13.7. The number of aromatic amines is 1. The van der Waals surface area contributed by atoms with E-state index >= 15 is 0 Å². The Morgan fingerprint density at radius 3 is 2.40 bits per heavy atom. The number of hydrogen-bond donors (Lipinski definition) is 1. The summed E-state index contributed by atoms with van der Waals surface area (Å²) in [6.07, 6.45) is 1.82. The Labute approximate surface area is 149 Å². The van der Waals surface area contributed by atoms with Crippen LogP contribution in [0.25, 0.3) is 22.4 Å². The number of aromatic nitrogens is 2. The third kappa shape index (κ3) is 3.28. The maximum atomic E-state index is 12.2. The van der Waals surface area contributed by atoms with E-state index in [1.807, 2.05) is 60.9 Å². The molecule has 124 valence electrons. The fourth-order valence-corrected chi connectivity index (χ4v) is 2.94. The van der Waals surface area contributed by atoms with Crippen LogP contribution in [0.4, 0.5) is 0 Å². The molecule has 2 aromatic carbocycles. The Balaban J connectivity index is 2.24. The maximum Gasteiger partial charge on any atom is 0.270 e. The average molecular weight is 349 g/mol. The van der Waals surface area contributed by atoms with Gasteiger partial charge in [-0.25, -0.2) is 4.98 Å². The van der Waals surface area contributed by atoms with Crippen LogP contribution >= 0.6 is 11.8 Å². The van der Waals surface area contributed by atoms with E-state index in [1.165, 1.54) is 11.8 Å². The third-order valence-corrected chi connectivity index (χ3v) is 4.37. The summed E-state index contributed by atoms with van der Waals surface area (Å²) in [4.78, 5) is 19.3. The largest absolute Gasteiger partial charge is 0.497 e. The second kappa shape index (κ2) is 7.24. The summed E-state index contributed by atoms with van der Waals surface area (Å²) in [7, 11) is 1.62. The molecule has 6 heteroatoms. The molecule has 0 aliphatic rings. The van der Waals surface area contributed by atoms with E-state index in [9.17, 15) is 10.1 Å². The quantitative estimate of drug-likeness (QED) is 0.574. The first-order valence-corrected chi connectivity index (χ1v) is 8.72. The molecule has 0 bridgehead atoms. The molecule has 0 unspecified atom stereocenters. The van der Waals surface area contributed by atoms with Crippen molar-refractivity contribution in [3.05, 3.63) is 64.4 Å². The van der Waals surface area contributed by atoms with Crippen LogP contribution in [-0.2, 0) is 0 Å². The summed E-state index contributed by atoms with van der Waals surface area (Å²) in [6, 6.07) is 17.2. The van der Waals surface area contributed by atoms with Crippen LogP contribution in [0.3, 0.4) is 0 Å². The van der Waals surface area contributed by atoms with Crippen molar-refractivity contribution in [3.8, 4) is 34.2 Å². The Kier molecular flexibility index (Phi) is 4.87. The standard InChI is InChI=1S/C19H15N3O2S/c1-24-13-9-7-12(8-10-13)14-5-3-4-6-15(14)17-16(11-20)18(23)22-19(21-17)25-2/h3-10H,1-2H3,(H,21,22,23). The first kappa shape index (κ1) is 16.8. The monoisotopic (exact) mass is 349 g/mol. The van der Waals surface area contributed by atoms with Gasteiger partial charge in [0.25, 0.3) is 5.56 Å². The summed E-state index contributed by atoms with van der Waals surface area (Å²) in [5.41, 5.74) is 2.56. The van der Waals surface area contributed by atoms with Crippen molar-refractivity contribution in [2.75, 3.05) is 13.4 Å². The fraction of sp³-hybridized carbons (Fsp3) is 0.105. The summed E-state index contributed by atoms with van der Waals surface area (Å²) < 4.78 is 5.20. The lowest BCUT2D eigenvalue weighted by atomic mass is 9.96. The van der Waals surface area contributed by atoms with Gasteiger partial charge in [0.2, 0.25) is 0 Å². The van der Waals surface area contributed by atoms with Gasteiger partial charge in [0.15, 0.2) is 5.16 Å². The lowest BCUT2D eigenvalue weighted by Gasteiger charge is -2.11. The van der Waals surface area contributed by atoms with Gasteiger partial charge in [-0.1, -0.05) is 48.2 Å². The Bertz CT molecular complexity index is 1000. The molecule has 0 aliphatic heterocycles. The summed E-state index contributed by atoms with van der Waals surface area (Å²) in [5, 5.41) is 9.90. The molecule has 5 nitrogen and oxygen atoms in total. The van der Waals surface area contributed by atoms with Gasteiger partial charge < -0.3 is 9.72 Å². The molecule has 1 aromatic heterocycles. The van der Waals surface area contributed by atoms with Gasteiger partial charge in [-0.3, -0.25) is 4.79 Å². The Hall–Kier alpha value is -3.04. The van der Waals surface area contributed by atoms with Crippen LogP contribution in [0.1, 0.15) is 5.56 Å². The van der Waals surface area contributed by atoms with Gasteiger partial charge in [-0.15, -0.1) is 0 Å². The van der Waals surface area contributed by atoms with Crippen molar-refractivity contribution in [2.45, 2.75) is 5.16 Å². The van der Waals surface area contributed by atoms with Crippen LogP contribution in [0.15, 0.2) is 58.5 Å². The van der Waals surface area contributed by atoms with Crippen molar-refractivity contribution in [2.24, 2.45) is 0 Å². The lowest BCUT2D eigenvalue weighted by molar-refractivity contribution is 0.415. The van der Waals surface area contributed by atoms with E-state index in [0.29, 0.717) is 10.9 Å². The zero-order chi connectivity index (χ0) is 17.8. The van der Waals surface area contributed by atoms with Crippen molar-refractivity contribution in [1.29, 1.82) is 5.26 Å². The minimum atomic E-state index is -0.429. The molecule has 0 radical (unpaired) electrons. The van der Waals surface area contributed by atoms with Crippen molar-refractivity contribution >= 4 is 11.8 Å². The van der Waals surface area contributed by atoms with Gasteiger partial charge >= 0.3 is 0 Å². The van der Waals surface area contributed by atoms with Crippen LogP contribution in [0.2, 0.25) is 0 Å². The Morgan fingerprint density at radius 1 is 1.12 bits per heavy atom. The van der Waals surface area contributed by atoms with Crippen LogP contribution in [0, 0.1) is 11.3 Å². The number of nitrogens with zero attached hydrogens (tertiary/aromatic N) is 2. The van der Waals surface area contributed by atoms with E-state index in [1.54, 1.807) is 7.11 Å². The summed E-state index contributed by atoms with van der Waals surface area (Å²) >= 11 is 1.32. The van der Waals surface area contributed by atoms with Crippen LogP contribution in [0.5, 0.6) is 5.75 Å². The number of hydrogen-bond acceptors (Lipinski definition) is 5. The molecule has 25 heavy (non-hydrogen) atoms. The Morgan fingerprint density at radius 2 is 1.80 bits per heavy atom. The highest BCUT2D eigenvalue weighted by Gasteiger charge is 2.16.